The number of sulfone groups is 1. The van der Waals surface area contributed by atoms with Gasteiger partial charge in [0, 0.05) is 25.4 Å². The molecule has 1 aromatic heterocycles. The van der Waals surface area contributed by atoms with E-state index in [2.05, 4.69) is 4.98 Å². The van der Waals surface area contributed by atoms with E-state index >= 15 is 0 Å². The highest BCUT2D eigenvalue weighted by Gasteiger charge is 2.36. The van der Waals surface area contributed by atoms with Crippen LogP contribution in [0.2, 0.25) is 5.02 Å². The molecule has 0 spiro atoms. The van der Waals surface area contributed by atoms with Gasteiger partial charge in [0.2, 0.25) is 5.91 Å². The number of ether oxygens (including phenoxy) is 1. The fourth-order valence-electron chi connectivity index (χ4n) is 3.38. The minimum absolute atomic E-state index is 0.0341. The molecular weight excluding hydrogens is 453 g/mol. The summed E-state index contributed by atoms with van der Waals surface area (Å²) in [5.41, 5.74) is -0.964. The van der Waals surface area contributed by atoms with E-state index in [1.165, 1.54) is 4.90 Å². The van der Waals surface area contributed by atoms with Crippen molar-refractivity contribution < 1.29 is 31.1 Å². The summed E-state index contributed by atoms with van der Waals surface area (Å²) in [4.78, 5) is 18.1. The highest BCUT2D eigenvalue weighted by molar-refractivity contribution is 8.00. The zero-order valence-electron chi connectivity index (χ0n) is 15.3. The second kappa shape index (κ2) is 8.99. The summed E-state index contributed by atoms with van der Waals surface area (Å²) in [7, 11) is -3.18. The summed E-state index contributed by atoms with van der Waals surface area (Å²) in [6.45, 7) is 0.906. The highest BCUT2D eigenvalue weighted by atomic mass is 35.5. The predicted molar refractivity (Wildman–Crippen MR) is 103 cm³/mol. The minimum atomic E-state index is -4.55. The molecule has 29 heavy (non-hydrogen) atoms. The van der Waals surface area contributed by atoms with E-state index in [-0.39, 0.29) is 39.3 Å². The van der Waals surface area contributed by atoms with E-state index in [1.54, 1.807) is 0 Å². The van der Waals surface area contributed by atoms with E-state index in [0.29, 0.717) is 25.8 Å². The van der Waals surface area contributed by atoms with Gasteiger partial charge in [-0.05, 0) is 25.3 Å². The summed E-state index contributed by atoms with van der Waals surface area (Å²) in [6.07, 6.45) is -1.98. The van der Waals surface area contributed by atoms with Crippen molar-refractivity contribution in [3.05, 3.63) is 22.8 Å². The van der Waals surface area contributed by atoms with Crippen molar-refractivity contribution >= 4 is 39.1 Å². The normalized spacial score (nSPS) is 24.0. The molecule has 162 valence electrons. The van der Waals surface area contributed by atoms with Crippen molar-refractivity contribution in [3.63, 3.8) is 0 Å². The maximum atomic E-state index is 12.8. The molecule has 0 N–H and O–H groups in total. The van der Waals surface area contributed by atoms with Crippen LogP contribution in [0, 0.1) is 0 Å². The number of nitrogens with zero attached hydrogens (tertiary/aromatic N) is 2. The molecule has 2 fully saturated rings. The predicted octanol–water partition coefficient (Wildman–Crippen LogP) is 3.04. The quantitative estimate of drug-likeness (QED) is 0.592. The van der Waals surface area contributed by atoms with Gasteiger partial charge in [-0.1, -0.05) is 23.4 Å². The number of thioether (sulfide) groups is 1. The molecule has 2 aliphatic heterocycles. The van der Waals surface area contributed by atoms with Gasteiger partial charge in [-0.2, -0.15) is 13.2 Å². The lowest BCUT2D eigenvalue weighted by atomic mass is 10.1. The maximum absolute atomic E-state index is 12.8. The van der Waals surface area contributed by atoms with E-state index in [4.69, 9.17) is 16.3 Å². The molecule has 2 atom stereocenters. The Balaban J connectivity index is 1.68. The van der Waals surface area contributed by atoms with Crippen LogP contribution in [-0.2, 0) is 25.5 Å². The van der Waals surface area contributed by atoms with E-state index < -0.39 is 27.6 Å². The Kier molecular flexibility index (Phi) is 7.02. The fourth-order valence-corrected chi connectivity index (χ4v) is 6.19. The van der Waals surface area contributed by atoms with Crippen LogP contribution in [0.4, 0.5) is 13.2 Å². The molecule has 0 radical (unpaired) electrons. The molecule has 6 nitrogen and oxygen atoms in total. The average molecular weight is 473 g/mol. The number of hydrogen-bond acceptors (Lipinski definition) is 6. The molecule has 1 aromatic rings. The third-order valence-electron chi connectivity index (χ3n) is 4.86. The zero-order valence-corrected chi connectivity index (χ0v) is 17.7. The third-order valence-corrected chi connectivity index (χ3v) is 8.00. The molecule has 2 saturated heterocycles. The third kappa shape index (κ3) is 5.99. The van der Waals surface area contributed by atoms with Crippen LogP contribution in [0.5, 0.6) is 0 Å². The van der Waals surface area contributed by atoms with Gasteiger partial charge in [-0.3, -0.25) is 4.79 Å². The van der Waals surface area contributed by atoms with Crippen LogP contribution in [0.15, 0.2) is 17.3 Å². The molecular formula is C17H20ClF3N2O4S2. The van der Waals surface area contributed by atoms with E-state index in [1.807, 2.05) is 0 Å². The Morgan fingerprint density at radius 3 is 2.69 bits per heavy atom. The first kappa shape index (κ1) is 22.6. The number of amides is 1. The molecule has 1 amide bonds. The van der Waals surface area contributed by atoms with Crippen molar-refractivity contribution in [2.45, 2.75) is 42.6 Å². The first-order chi connectivity index (χ1) is 13.5. The molecule has 3 heterocycles. The van der Waals surface area contributed by atoms with Gasteiger partial charge in [0.1, 0.15) is 5.03 Å². The molecule has 0 bridgehead atoms. The first-order valence-electron chi connectivity index (χ1n) is 9.02. The average Bonchev–Trinajstić information content (AvgIpc) is 3.26. The summed E-state index contributed by atoms with van der Waals surface area (Å²) >= 11 is 6.82. The number of rotatable bonds is 6. The lowest BCUT2D eigenvalue weighted by molar-refractivity contribution is -0.138. The Morgan fingerprint density at radius 1 is 1.38 bits per heavy atom. The lowest BCUT2D eigenvalue weighted by Crippen LogP contribution is -2.46. The van der Waals surface area contributed by atoms with Crippen LogP contribution < -0.4 is 0 Å². The molecule has 3 rings (SSSR count). The van der Waals surface area contributed by atoms with Gasteiger partial charge in [0.25, 0.3) is 0 Å². The number of halogens is 4. The van der Waals surface area contributed by atoms with Crippen molar-refractivity contribution in [2.75, 3.05) is 30.4 Å². The van der Waals surface area contributed by atoms with Crippen molar-refractivity contribution in [2.24, 2.45) is 0 Å². The Morgan fingerprint density at radius 2 is 2.14 bits per heavy atom. The van der Waals surface area contributed by atoms with Gasteiger partial charge < -0.3 is 9.64 Å². The fraction of sp³-hybridized carbons (Fsp3) is 0.647. The smallest absolute Gasteiger partial charge is 0.376 e. The van der Waals surface area contributed by atoms with E-state index in [9.17, 15) is 26.4 Å². The Hall–Kier alpha value is -1.04. The van der Waals surface area contributed by atoms with Gasteiger partial charge in [0.15, 0.2) is 9.84 Å². The lowest BCUT2D eigenvalue weighted by Gasteiger charge is -2.30. The molecule has 0 aliphatic carbocycles. The molecule has 0 aromatic carbocycles. The molecule has 0 saturated carbocycles. The van der Waals surface area contributed by atoms with Crippen molar-refractivity contribution in [3.8, 4) is 0 Å². The number of carbonyl (C=O) groups excluding carboxylic acids is 1. The largest absolute Gasteiger partial charge is 0.417 e. The summed E-state index contributed by atoms with van der Waals surface area (Å²) in [5.74, 6) is -0.478. The van der Waals surface area contributed by atoms with E-state index in [0.717, 1.165) is 30.7 Å². The van der Waals surface area contributed by atoms with Crippen molar-refractivity contribution in [1.29, 1.82) is 0 Å². The van der Waals surface area contributed by atoms with Crippen molar-refractivity contribution in [1.82, 2.24) is 9.88 Å². The molecule has 12 heteroatoms. The van der Waals surface area contributed by atoms with Gasteiger partial charge in [-0.25, -0.2) is 13.4 Å². The number of hydrogen-bond donors (Lipinski definition) is 0. The number of aromatic nitrogens is 1. The van der Waals surface area contributed by atoms with Gasteiger partial charge in [0.05, 0.1) is 33.9 Å². The topological polar surface area (TPSA) is 76.6 Å². The summed E-state index contributed by atoms with van der Waals surface area (Å²) in [5, 5.41) is -0.0733. The zero-order chi connectivity index (χ0) is 21.2. The minimum Gasteiger partial charge on any atom is -0.376 e. The standard InChI is InChI=1S/C17H20ClF3N2O4S2/c18-14-6-11(17(19,20)21)7-22-16(14)28-9-15(24)23(8-13-2-1-4-27-13)12-3-5-29(25,26)10-12/h6-7,12-13H,1-5,8-10H2. The second-order valence-corrected chi connectivity index (χ2v) is 10.6. The molecule has 2 aliphatic rings. The van der Waals surface area contributed by atoms with Crippen LogP contribution in [0.25, 0.3) is 0 Å². The molecule has 2 unspecified atom stereocenters. The van der Waals surface area contributed by atoms with Crippen LogP contribution >= 0.6 is 23.4 Å². The van der Waals surface area contributed by atoms with Crippen LogP contribution in [0.1, 0.15) is 24.8 Å². The maximum Gasteiger partial charge on any atom is 0.417 e. The summed E-state index contributed by atoms with van der Waals surface area (Å²) in [6, 6.07) is 0.350. The van der Waals surface area contributed by atoms with Crippen LogP contribution in [0.3, 0.4) is 0 Å². The Bertz CT molecular complexity index is 861. The van der Waals surface area contributed by atoms with Gasteiger partial charge >= 0.3 is 6.18 Å². The number of alkyl halides is 3. The monoisotopic (exact) mass is 472 g/mol. The highest BCUT2D eigenvalue weighted by Crippen LogP contribution is 2.34. The first-order valence-corrected chi connectivity index (χ1v) is 12.2. The number of carbonyl (C=O) groups is 1. The number of pyridine rings is 1. The van der Waals surface area contributed by atoms with Gasteiger partial charge in [-0.15, -0.1) is 0 Å². The Labute approximate surface area is 176 Å². The SMILES string of the molecule is O=C(CSc1ncc(C(F)(F)F)cc1Cl)N(CC1CCCO1)C1CCS(=O)(=O)C1. The summed E-state index contributed by atoms with van der Waals surface area (Å²) < 4.78 is 67.4. The van der Waals surface area contributed by atoms with Crippen LogP contribution in [-0.4, -0.2) is 66.8 Å². The second-order valence-electron chi connectivity index (χ2n) is 7.04.